The van der Waals surface area contributed by atoms with Crippen molar-refractivity contribution in [2.24, 2.45) is 5.92 Å². The van der Waals surface area contributed by atoms with Crippen molar-refractivity contribution in [3.63, 3.8) is 0 Å². The lowest BCUT2D eigenvalue weighted by Gasteiger charge is -2.32. The quantitative estimate of drug-likeness (QED) is 0.614. The Morgan fingerprint density at radius 3 is 2.63 bits per heavy atom. The SMILES string of the molecule is O=C(O)c1ccccc1C[C@@H]1CO[C@@H](C(CC2CCCCC2)[P+](=O)O)CN1. The number of carbonyl (C=O) groups is 1. The number of hydrogen-bond acceptors (Lipinski definition) is 4. The molecule has 0 radical (unpaired) electrons. The molecule has 1 aliphatic carbocycles. The Labute approximate surface area is 161 Å². The van der Waals surface area contributed by atoms with Crippen LogP contribution in [0, 0.1) is 5.92 Å². The third-order valence-corrected chi connectivity index (χ3v) is 6.96. The summed E-state index contributed by atoms with van der Waals surface area (Å²) in [6.45, 7) is 0.946. The fourth-order valence-electron chi connectivity index (χ4n) is 4.34. The molecule has 1 aromatic rings. The lowest BCUT2D eigenvalue weighted by atomic mass is 9.85. The molecule has 0 spiro atoms. The zero-order chi connectivity index (χ0) is 19.2. The summed E-state index contributed by atoms with van der Waals surface area (Å²) in [6.07, 6.45) is 7.06. The summed E-state index contributed by atoms with van der Waals surface area (Å²) >= 11 is 0. The number of aromatic carboxylic acids is 1. The summed E-state index contributed by atoms with van der Waals surface area (Å²) in [5, 5.41) is 12.7. The molecule has 1 heterocycles. The molecule has 2 fully saturated rings. The van der Waals surface area contributed by atoms with Crippen molar-refractivity contribution >= 4 is 14.0 Å². The van der Waals surface area contributed by atoms with Gasteiger partial charge in [-0.3, -0.25) is 0 Å². The second-order valence-corrected chi connectivity index (χ2v) is 9.02. The van der Waals surface area contributed by atoms with Gasteiger partial charge in [0.2, 0.25) is 5.66 Å². The van der Waals surface area contributed by atoms with Gasteiger partial charge in [-0.15, -0.1) is 0 Å². The highest BCUT2D eigenvalue weighted by Crippen LogP contribution is 2.37. The molecule has 3 N–H and O–H groups in total. The molecule has 7 heteroatoms. The number of carboxylic acid groups (broad SMARTS) is 1. The maximum Gasteiger partial charge on any atom is 0.511 e. The van der Waals surface area contributed by atoms with Gasteiger partial charge in [0.15, 0.2) is 0 Å². The summed E-state index contributed by atoms with van der Waals surface area (Å²) in [4.78, 5) is 21.2. The average molecular weight is 394 g/mol. The Bertz CT molecular complexity index is 654. The maximum absolute atomic E-state index is 11.9. The van der Waals surface area contributed by atoms with E-state index in [1.807, 2.05) is 12.1 Å². The molecule has 1 saturated carbocycles. The molecule has 2 aliphatic rings. The van der Waals surface area contributed by atoms with Crippen LogP contribution in [0.5, 0.6) is 0 Å². The van der Waals surface area contributed by atoms with Gasteiger partial charge >= 0.3 is 14.0 Å². The van der Waals surface area contributed by atoms with Gasteiger partial charge in [-0.25, -0.2) is 4.79 Å². The van der Waals surface area contributed by atoms with Crippen LogP contribution in [0.4, 0.5) is 0 Å². The second-order valence-electron chi connectivity index (χ2n) is 7.75. The number of rotatable bonds is 7. The zero-order valence-electron chi connectivity index (χ0n) is 15.5. The van der Waals surface area contributed by atoms with E-state index in [0.717, 1.165) is 24.8 Å². The van der Waals surface area contributed by atoms with Crippen LogP contribution in [0.2, 0.25) is 0 Å². The number of carboxylic acids is 1. The van der Waals surface area contributed by atoms with E-state index in [1.54, 1.807) is 12.1 Å². The first-order valence-electron chi connectivity index (χ1n) is 9.86. The fourth-order valence-corrected chi connectivity index (χ4v) is 5.29. The number of hydrogen-bond donors (Lipinski definition) is 3. The highest BCUT2D eigenvalue weighted by molar-refractivity contribution is 7.39. The summed E-state index contributed by atoms with van der Waals surface area (Å²) < 4.78 is 17.9. The van der Waals surface area contributed by atoms with Crippen molar-refractivity contribution < 1.29 is 24.1 Å². The van der Waals surface area contributed by atoms with Crippen LogP contribution in [0.3, 0.4) is 0 Å². The van der Waals surface area contributed by atoms with E-state index in [9.17, 15) is 19.4 Å². The predicted octanol–water partition coefficient (Wildman–Crippen LogP) is 3.36. The largest absolute Gasteiger partial charge is 0.511 e. The van der Waals surface area contributed by atoms with Gasteiger partial charge in [0, 0.05) is 19.0 Å². The van der Waals surface area contributed by atoms with Crippen LogP contribution in [0.25, 0.3) is 0 Å². The van der Waals surface area contributed by atoms with Gasteiger partial charge in [-0.05, 0) is 28.5 Å². The van der Waals surface area contributed by atoms with Crippen molar-refractivity contribution in [2.45, 2.75) is 62.8 Å². The Balaban J connectivity index is 1.55. The van der Waals surface area contributed by atoms with Crippen molar-refractivity contribution in [3.8, 4) is 0 Å². The molecule has 2 unspecified atom stereocenters. The van der Waals surface area contributed by atoms with Crippen molar-refractivity contribution in [3.05, 3.63) is 35.4 Å². The minimum absolute atomic E-state index is 0.00801. The van der Waals surface area contributed by atoms with Crippen molar-refractivity contribution in [1.29, 1.82) is 0 Å². The highest BCUT2D eigenvalue weighted by atomic mass is 31.1. The van der Waals surface area contributed by atoms with Crippen LogP contribution in [-0.2, 0) is 15.7 Å². The standard InChI is InChI=1S/C20H28NO5P/c22-20(23)17-9-5-4-8-15(17)11-16-13-26-18(12-21-16)19(27(24)25)10-14-6-2-1-3-7-14/h4-5,8-9,14,16,18-19,21H,1-3,6-7,10-13H2,(H-,22,23,24,25)/p+1/t16-,18-,19?/m1/s1. The van der Waals surface area contributed by atoms with Crippen LogP contribution in [-0.4, -0.2) is 46.9 Å². The predicted molar refractivity (Wildman–Crippen MR) is 103 cm³/mol. The van der Waals surface area contributed by atoms with Gasteiger partial charge in [0.25, 0.3) is 0 Å². The monoisotopic (exact) mass is 394 g/mol. The molecule has 148 valence electrons. The summed E-state index contributed by atoms with van der Waals surface area (Å²) in [5.74, 6) is -0.399. The molecule has 1 aliphatic heterocycles. The van der Waals surface area contributed by atoms with Gasteiger partial charge in [0.05, 0.1) is 12.2 Å². The molecule has 27 heavy (non-hydrogen) atoms. The molecule has 6 nitrogen and oxygen atoms in total. The lowest BCUT2D eigenvalue weighted by molar-refractivity contribution is -0.00273. The first kappa shape index (κ1) is 20.4. The Morgan fingerprint density at radius 1 is 1.26 bits per heavy atom. The third-order valence-electron chi connectivity index (χ3n) is 5.85. The first-order valence-corrected chi connectivity index (χ1v) is 11.1. The number of morpholine rings is 1. The highest BCUT2D eigenvalue weighted by Gasteiger charge is 2.42. The molecule has 0 amide bonds. The van der Waals surface area contributed by atoms with Crippen LogP contribution in [0.15, 0.2) is 24.3 Å². The molecule has 3 rings (SSSR count). The van der Waals surface area contributed by atoms with E-state index in [1.165, 1.54) is 19.3 Å². The number of ether oxygens (including phenoxy) is 1. The van der Waals surface area contributed by atoms with Crippen LogP contribution in [0.1, 0.15) is 54.4 Å². The van der Waals surface area contributed by atoms with E-state index in [0.29, 0.717) is 31.1 Å². The molecule has 4 atom stereocenters. The zero-order valence-corrected chi connectivity index (χ0v) is 16.4. The molecular weight excluding hydrogens is 365 g/mol. The van der Waals surface area contributed by atoms with Gasteiger partial charge < -0.3 is 15.2 Å². The Morgan fingerprint density at radius 2 is 2.00 bits per heavy atom. The van der Waals surface area contributed by atoms with Crippen LogP contribution >= 0.6 is 8.03 Å². The van der Waals surface area contributed by atoms with Crippen molar-refractivity contribution in [1.82, 2.24) is 5.32 Å². The van der Waals surface area contributed by atoms with Crippen LogP contribution < -0.4 is 5.32 Å². The third kappa shape index (κ3) is 5.58. The smallest absolute Gasteiger partial charge is 0.478 e. The minimum atomic E-state index is -2.28. The van der Waals surface area contributed by atoms with E-state index >= 15 is 0 Å². The van der Waals surface area contributed by atoms with E-state index < -0.39 is 14.0 Å². The second kappa shape index (κ2) is 9.74. The minimum Gasteiger partial charge on any atom is -0.478 e. The molecule has 1 saturated heterocycles. The van der Waals surface area contributed by atoms with E-state index in [-0.39, 0.29) is 17.8 Å². The number of nitrogens with one attached hydrogen (secondary N) is 1. The summed E-state index contributed by atoms with van der Waals surface area (Å²) in [7, 11) is -2.28. The molecule has 1 aromatic carbocycles. The molecule has 0 bridgehead atoms. The van der Waals surface area contributed by atoms with E-state index in [4.69, 9.17) is 4.74 Å². The molecule has 0 aromatic heterocycles. The van der Waals surface area contributed by atoms with Gasteiger partial charge in [-0.2, -0.15) is 4.89 Å². The summed E-state index contributed by atoms with van der Waals surface area (Å²) in [5.41, 5.74) is 0.759. The fraction of sp³-hybridized carbons (Fsp3) is 0.650. The van der Waals surface area contributed by atoms with Gasteiger partial charge in [-0.1, -0.05) is 50.3 Å². The molecular formula is C20H29NO5P+. The lowest BCUT2D eigenvalue weighted by Crippen LogP contribution is -2.51. The summed E-state index contributed by atoms with van der Waals surface area (Å²) in [6, 6.07) is 7.01. The van der Waals surface area contributed by atoms with Gasteiger partial charge in [0.1, 0.15) is 6.10 Å². The average Bonchev–Trinajstić information content (AvgIpc) is 2.68. The topological polar surface area (TPSA) is 95.9 Å². The van der Waals surface area contributed by atoms with Crippen molar-refractivity contribution in [2.75, 3.05) is 13.2 Å². The van der Waals surface area contributed by atoms with E-state index in [2.05, 4.69) is 5.32 Å². The Kier molecular flexibility index (Phi) is 7.36. The normalized spacial score (nSPS) is 25.7. The first-order chi connectivity index (χ1) is 13.0. The Hall–Kier alpha value is -1.33. The maximum atomic E-state index is 11.9. The number of benzene rings is 1.